The molecule has 0 bridgehead atoms. The fraction of sp³-hybridized carbons (Fsp3) is 0. The molecule has 6 nitrogen and oxygen atoms in total. The molecule has 6 heteroatoms. The zero-order valence-corrected chi connectivity index (χ0v) is 62.0. The predicted octanol–water partition coefficient (Wildman–Crippen LogP) is 30.3. The lowest BCUT2D eigenvalue weighted by molar-refractivity contribution is 0.668. The molecule has 0 radical (unpaired) electrons. The number of benzene rings is 18. The van der Waals surface area contributed by atoms with Crippen molar-refractivity contribution in [2.75, 3.05) is 9.80 Å². The van der Waals surface area contributed by atoms with Crippen LogP contribution < -0.4 is 9.80 Å². The van der Waals surface area contributed by atoms with E-state index in [1.165, 1.54) is 32.7 Å². The number of fused-ring (bicyclic) bond motifs is 12. The van der Waals surface area contributed by atoms with Crippen LogP contribution in [0, 0.1) is 0 Å². The van der Waals surface area contributed by atoms with Gasteiger partial charge in [0.15, 0.2) is 0 Å². The van der Waals surface area contributed by atoms with E-state index in [4.69, 9.17) is 8.83 Å². The average Bonchev–Trinajstić information content (AvgIpc) is 1.55. The van der Waals surface area contributed by atoms with E-state index in [-0.39, 0.29) is 0 Å². The van der Waals surface area contributed by atoms with E-state index in [0.29, 0.717) is 0 Å². The SMILES string of the molecule is c1ccc(-c2ccccc2-c2cccc(N(c3cccc(-n4c5ccccc5c5cc(-c6cccc(-c7ccccc7-c7ccccc7N(c7cccc(-n8c9ccccc9c9ccccc98)c7)c7ccccc7-c7cccc8oc9ccccc9c78)c6)ccc54)c3)c3ccccc3-c3cccc4oc5ccccc5c34)c2)cc1. The molecular weight excluding hydrogens is 1390 g/mol. The van der Waals surface area contributed by atoms with Gasteiger partial charge in [-0.05, 0) is 189 Å². The van der Waals surface area contributed by atoms with Crippen LogP contribution in [0.15, 0.2) is 433 Å². The summed E-state index contributed by atoms with van der Waals surface area (Å²) < 4.78 is 18.0. The predicted molar refractivity (Wildman–Crippen MR) is 477 cm³/mol. The second-order valence-corrected chi connectivity index (χ2v) is 29.4. The highest BCUT2D eigenvalue weighted by molar-refractivity contribution is 6.17. The summed E-state index contributed by atoms with van der Waals surface area (Å²) in [5, 5.41) is 9.12. The quantitative estimate of drug-likeness (QED) is 0.103. The molecule has 0 aliphatic carbocycles. The van der Waals surface area contributed by atoms with Gasteiger partial charge in [0.25, 0.3) is 0 Å². The lowest BCUT2D eigenvalue weighted by atomic mass is 9.91. The van der Waals surface area contributed by atoms with Gasteiger partial charge >= 0.3 is 0 Å². The number of hydrogen-bond acceptors (Lipinski definition) is 4. The van der Waals surface area contributed by atoms with E-state index >= 15 is 0 Å². The molecule has 22 aromatic rings. The number of hydrogen-bond donors (Lipinski definition) is 0. The first-order chi connectivity index (χ1) is 56.6. The lowest BCUT2D eigenvalue weighted by Gasteiger charge is -2.31. The Morgan fingerprint density at radius 2 is 0.509 bits per heavy atom. The van der Waals surface area contributed by atoms with Gasteiger partial charge in [-0.3, -0.25) is 0 Å². The van der Waals surface area contributed by atoms with Crippen LogP contribution in [0.3, 0.4) is 0 Å². The van der Waals surface area contributed by atoms with Gasteiger partial charge in [0, 0.05) is 88.2 Å². The Morgan fingerprint density at radius 3 is 1.06 bits per heavy atom. The largest absolute Gasteiger partial charge is 0.456 e. The fourth-order valence-electron chi connectivity index (χ4n) is 17.9. The molecule has 0 N–H and O–H groups in total. The highest BCUT2D eigenvalue weighted by Gasteiger charge is 2.27. The van der Waals surface area contributed by atoms with Gasteiger partial charge in [-0.25, -0.2) is 0 Å². The van der Waals surface area contributed by atoms with E-state index in [0.717, 1.165) is 178 Å². The summed E-state index contributed by atoms with van der Waals surface area (Å²) in [4.78, 5) is 4.92. The Kier molecular flexibility index (Phi) is 15.8. The molecule has 0 atom stereocenters. The minimum atomic E-state index is 0.852. The zero-order chi connectivity index (χ0) is 75.2. The molecule has 18 aromatic carbocycles. The molecule has 534 valence electrons. The maximum atomic E-state index is 6.60. The van der Waals surface area contributed by atoms with Crippen molar-refractivity contribution in [1.29, 1.82) is 0 Å². The summed E-state index contributed by atoms with van der Waals surface area (Å²) in [7, 11) is 0. The Morgan fingerprint density at radius 1 is 0.175 bits per heavy atom. The maximum Gasteiger partial charge on any atom is 0.136 e. The Balaban J connectivity index is 0.667. The highest BCUT2D eigenvalue weighted by atomic mass is 16.3. The number of anilines is 6. The van der Waals surface area contributed by atoms with Gasteiger partial charge in [0.05, 0.1) is 39.1 Å². The van der Waals surface area contributed by atoms with Gasteiger partial charge < -0.3 is 27.8 Å². The topological polar surface area (TPSA) is 42.6 Å². The summed E-state index contributed by atoms with van der Waals surface area (Å²) in [6, 6.07) is 154. The molecule has 0 saturated heterocycles. The second-order valence-electron chi connectivity index (χ2n) is 29.4. The maximum absolute atomic E-state index is 6.60. The smallest absolute Gasteiger partial charge is 0.136 e. The van der Waals surface area contributed by atoms with Gasteiger partial charge in [0.2, 0.25) is 0 Å². The van der Waals surface area contributed by atoms with Crippen LogP contribution in [-0.4, -0.2) is 9.13 Å². The third kappa shape index (κ3) is 11.0. The normalized spacial score (nSPS) is 11.7. The summed E-state index contributed by atoms with van der Waals surface area (Å²) in [6.45, 7) is 0. The Hall–Kier alpha value is -15.2. The Labute approximate surface area is 659 Å². The van der Waals surface area contributed by atoms with E-state index < -0.39 is 0 Å². The monoisotopic (exact) mass is 1450 g/mol. The average molecular weight is 1460 g/mol. The van der Waals surface area contributed by atoms with E-state index in [1.54, 1.807) is 0 Å². The van der Waals surface area contributed by atoms with Crippen molar-refractivity contribution in [3.05, 3.63) is 425 Å². The molecule has 4 aromatic heterocycles. The molecule has 0 amide bonds. The van der Waals surface area contributed by atoms with Crippen LogP contribution in [0.1, 0.15) is 0 Å². The third-order valence-corrected chi connectivity index (χ3v) is 22.9. The molecule has 0 fully saturated rings. The molecule has 0 aliphatic heterocycles. The number of nitrogens with zero attached hydrogens (tertiary/aromatic N) is 4. The minimum absolute atomic E-state index is 0.852. The van der Waals surface area contributed by atoms with Gasteiger partial charge in [-0.2, -0.15) is 0 Å². The van der Waals surface area contributed by atoms with Crippen molar-refractivity contribution in [2.24, 2.45) is 0 Å². The van der Waals surface area contributed by atoms with Crippen LogP contribution >= 0.6 is 0 Å². The molecule has 22 rings (SSSR count). The van der Waals surface area contributed by atoms with Crippen molar-refractivity contribution in [3.63, 3.8) is 0 Å². The first kappa shape index (κ1) is 65.8. The summed E-state index contributed by atoms with van der Waals surface area (Å²) in [6.07, 6.45) is 0. The molecule has 0 spiro atoms. The second kappa shape index (κ2) is 27.4. The van der Waals surface area contributed by atoms with Crippen LogP contribution in [0.5, 0.6) is 0 Å². The number of furan rings is 2. The molecule has 0 unspecified atom stereocenters. The van der Waals surface area contributed by atoms with Crippen molar-refractivity contribution >= 4 is 122 Å². The molecular formula is C108H70N4O2. The summed E-state index contributed by atoms with van der Waals surface area (Å²) in [5.41, 5.74) is 31.9. The highest BCUT2D eigenvalue weighted by Crippen LogP contribution is 2.52. The standard InChI is InChI=1S/C108H70N4O2/c1-2-30-71(31-3-1)81-40-4-5-41-82(81)75-34-25-35-76(67-75)109(96-54-16-11-47-88(96)91-52-28-62-105-107(91)93-50-14-22-60-103(93)113-105)77-36-26-37-78(69-77)112-101-59-21-13-49-90(101)95-68-73(64-65-102(95)112)72-32-24-33-74(66-72)83-42-6-7-43-84(83)85-44-8-17-55-97(85)110(79-38-27-39-80(70-79)111-98-56-18-9-45-86(98)87-46-10-19-57-99(87)111)100-58-20-12-48-89(100)92-53-29-63-106-108(92)94-51-15-23-61-104(94)114-106/h1-70H. The van der Waals surface area contributed by atoms with E-state index in [9.17, 15) is 0 Å². The fourth-order valence-corrected chi connectivity index (χ4v) is 17.9. The van der Waals surface area contributed by atoms with Crippen LogP contribution in [0.25, 0.3) is 177 Å². The molecule has 0 saturated carbocycles. The van der Waals surface area contributed by atoms with Gasteiger partial charge in [-0.15, -0.1) is 0 Å². The van der Waals surface area contributed by atoms with Crippen LogP contribution in [0.2, 0.25) is 0 Å². The summed E-state index contributed by atoms with van der Waals surface area (Å²) >= 11 is 0. The molecule has 0 aliphatic rings. The van der Waals surface area contributed by atoms with Crippen molar-refractivity contribution in [2.45, 2.75) is 0 Å². The van der Waals surface area contributed by atoms with E-state index in [2.05, 4.69) is 431 Å². The minimum Gasteiger partial charge on any atom is -0.456 e. The summed E-state index contributed by atoms with van der Waals surface area (Å²) in [5.74, 6) is 0. The first-order valence-corrected chi connectivity index (χ1v) is 38.9. The van der Waals surface area contributed by atoms with Crippen LogP contribution in [-0.2, 0) is 0 Å². The lowest BCUT2D eigenvalue weighted by Crippen LogP contribution is -2.13. The van der Waals surface area contributed by atoms with E-state index in [1.807, 2.05) is 12.1 Å². The Bertz CT molecular complexity index is 7490. The number of para-hydroxylation sites is 8. The van der Waals surface area contributed by atoms with Crippen LogP contribution in [0.4, 0.5) is 34.1 Å². The zero-order valence-electron chi connectivity index (χ0n) is 62.0. The van der Waals surface area contributed by atoms with Gasteiger partial charge in [-0.1, -0.05) is 297 Å². The number of rotatable bonds is 15. The molecule has 114 heavy (non-hydrogen) atoms. The van der Waals surface area contributed by atoms with Gasteiger partial charge in [0.1, 0.15) is 22.3 Å². The first-order valence-electron chi connectivity index (χ1n) is 38.9. The molecule has 4 heterocycles. The number of aromatic nitrogens is 2. The third-order valence-electron chi connectivity index (χ3n) is 22.9. The van der Waals surface area contributed by atoms with Crippen molar-refractivity contribution in [1.82, 2.24) is 9.13 Å². The van der Waals surface area contributed by atoms with Crippen molar-refractivity contribution < 1.29 is 8.83 Å². The van der Waals surface area contributed by atoms with Crippen molar-refractivity contribution in [3.8, 4) is 89.3 Å².